The molecule has 0 amide bonds. The van der Waals surface area contributed by atoms with Crippen molar-refractivity contribution in [3.8, 4) is 5.88 Å². The van der Waals surface area contributed by atoms with Gasteiger partial charge in [-0.25, -0.2) is 4.98 Å². The number of halogens is 1. The molecule has 0 spiro atoms. The first-order valence-corrected chi connectivity index (χ1v) is 7.59. The minimum atomic E-state index is 0.481. The first-order chi connectivity index (χ1) is 9.65. The average Bonchev–Trinajstić information content (AvgIpc) is 2.92. The highest BCUT2D eigenvalue weighted by molar-refractivity contribution is 6.31. The second-order valence-electron chi connectivity index (χ2n) is 5.64. The third-order valence-electron chi connectivity index (χ3n) is 3.23. The summed E-state index contributed by atoms with van der Waals surface area (Å²) in [6.07, 6.45) is 1.07. The molecule has 1 aromatic heterocycles. The zero-order chi connectivity index (χ0) is 14.4. The molecule has 4 nitrogen and oxygen atoms in total. The molecule has 5 heteroatoms. The van der Waals surface area contributed by atoms with Crippen LogP contribution in [0.5, 0.6) is 5.88 Å². The van der Waals surface area contributed by atoms with Crippen LogP contribution in [0.25, 0.3) is 0 Å². The molecule has 0 saturated carbocycles. The summed E-state index contributed by atoms with van der Waals surface area (Å²) in [5, 5.41) is 4.02. The van der Waals surface area contributed by atoms with Gasteiger partial charge in [-0.3, -0.25) is 0 Å². The van der Waals surface area contributed by atoms with E-state index in [0.717, 1.165) is 31.9 Å². The Morgan fingerprint density at radius 3 is 3.05 bits per heavy atom. The fourth-order valence-electron chi connectivity index (χ4n) is 2.07. The van der Waals surface area contributed by atoms with Gasteiger partial charge in [-0.15, -0.1) is 0 Å². The molecule has 0 aliphatic carbocycles. The van der Waals surface area contributed by atoms with Gasteiger partial charge in [0, 0.05) is 25.1 Å². The maximum Gasteiger partial charge on any atom is 0.213 e. The van der Waals surface area contributed by atoms with Crippen LogP contribution < -0.4 is 10.1 Å². The lowest BCUT2D eigenvalue weighted by Gasteiger charge is -2.12. The van der Waals surface area contributed by atoms with E-state index in [1.807, 2.05) is 12.1 Å². The summed E-state index contributed by atoms with van der Waals surface area (Å²) in [4.78, 5) is 4.47. The minimum absolute atomic E-state index is 0.481. The molecule has 2 heterocycles. The van der Waals surface area contributed by atoms with Gasteiger partial charge in [0.05, 0.1) is 23.9 Å². The fraction of sp³-hybridized carbons (Fsp3) is 0.667. The molecule has 20 heavy (non-hydrogen) atoms. The van der Waals surface area contributed by atoms with Gasteiger partial charge in [-0.2, -0.15) is 0 Å². The van der Waals surface area contributed by atoms with E-state index < -0.39 is 0 Å². The van der Waals surface area contributed by atoms with Crippen LogP contribution in [0, 0.1) is 11.8 Å². The summed E-state index contributed by atoms with van der Waals surface area (Å²) in [5.74, 6) is 1.73. The summed E-state index contributed by atoms with van der Waals surface area (Å²) in [5.41, 5.74) is 0.840. The molecule has 1 atom stereocenters. The monoisotopic (exact) mass is 298 g/mol. The first kappa shape index (κ1) is 15.5. The van der Waals surface area contributed by atoms with Crippen molar-refractivity contribution in [2.24, 2.45) is 11.8 Å². The second-order valence-corrected chi connectivity index (χ2v) is 6.05. The Labute approximate surface area is 125 Å². The third kappa shape index (κ3) is 4.93. The maximum absolute atomic E-state index is 6.16. The summed E-state index contributed by atoms with van der Waals surface area (Å²) in [7, 11) is 0. The van der Waals surface area contributed by atoms with Crippen LogP contribution in [0.15, 0.2) is 12.1 Å². The van der Waals surface area contributed by atoms with E-state index in [4.69, 9.17) is 21.1 Å². The Bertz CT molecular complexity index is 420. The summed E-state index contributed by atoms with van der Waals surface area (Å²) >= 11 is 6.16. The van der Waals surface area contributed by atoms with Crippen molar-refractivity contribution >= 4 is 11.6 Å². The third-order valence-corrected chi connectivity index (χ3v) is 3.57. The normalized spacial score (nSPS) is 18.7. The van der Waals surface area contributed by atoms with Gasteiger partial charge in [0.1, 0.15) is 0 Å². The lowest BCUT2D eigenvalue weighted by molar-refractivity contribution is 0.165. The molecule has 1 unspecified atom stereocenters. The highest BCUT2D eigenvalue weighted by Crippen LogP contribution is 2.20. The van der Waals surface area contributed by atoms with Gasteiger partial charge < -0.3 is 14.8 Å². The predicted molar refractivity (Wildman–Crippen MR) is 80.2 cm³/mol. The molecule has 112 valence electrons. The van der Waals surface area contributed by atoms with E-state index in [1.165, 1.54) is 0 Å². The molecule has 0 aromatic carbocycles. The Hall–Kier alpha value is -0.840. The summed E-state index contributed by atoms with van der Waals surface area (Å²) in [6, 6.07) is 3.67. The number of nitrogens with zero attached hydrogens (tertiary/aromatic N) is 1. The van der Waals surface area contributed by atoms with E-state index in [2.05, 4.69) is 24.1 Å². The van der Waals surface area contributed by atoms with E-state index >= 15 is 0 Å². The van der Waals surface area contributed by atoms with Gasteiger partial charge >= 0.3 is 0 Å². The SMILES string of the molecule is CC(C)CNCc1nc(OCC2CCOC2)ccc1Cl. The van der Waals surface area contributed by atoms with Crippen molar-refractivity contribution in [3.63, 3.8) is 0 Å². The Morgan fingerprint density at radius 2 is 2.35 bits per heavy atom. The Morgan fingerprint density at radius 1 is 1.50 bits per heavy atom. The number of hydrogen-bond acceptors (Lipinski definition) is 4. The van der Waals surface area contributed by atoms with E-state index in [0.29, 0.717) is 35.9 Å². The summed E-state index contributed by atoms with van der Waals surface area (Å²) in [6.45, 7) is 8.25. The number of aromatic nitrogens is 1. The van der Waals surface area contributed by atoms with Crippen molar-refractivity contribution in [3.05, 3.63) is 22.8 Å². The first-order valence-electron chi connectivity index (χ1n) is 7.22. The van der Waals surface area contributed by atoms with Crippen LogP contribution in [0.1, 0.15) is 26.0 Å². The lowest BCUT2D eigenvalue weighted by atomic mass is 10.1. The smallest absolute Gasteiger partial charge is 0.213 e. The quantitative estimate of drug-likeness (QED) is 0.840. The molecule has 1 aliphatic heterocycles. The van der Waals surface area contributed by atoms with Gasteiger partial charge in [-0.1, -0.05) is 25.4 Å². The number of hydrogen-bond donors (Lipinski definition) is 1. The number of nitrogens with one attached hydrogen (secondary N) is 1. The van der Waals surface area contributed by atoms with Crippen molar-refractivity contribution in [1.29, 1.82) is 0 Å². The van der Waals surface area contributed by atoms with Crippen LogP contribution in [0.2, 0.25) is 5.02 Å². The molecule has 1 aromatic rings. The van der Waals surface area contributed by atoms with Gasteiger partial charge in [0.2, 0.25) is 5.88 Å². The topological polar surface area (TPSA) is 43.4 Å². The molecule has 1 fully saturated rings. The van der Waals surface area contributed by atoms with Gasteiger partial charge in [-0.05, 0) is 24.9 Å². The maximum atomic E-state index is 6.16. The van der Waals surface area contributed by atoms with E-state index in [1.54, 1.807) is 0 Å². The zero-order valence-corrected chi connectivity index (χ0v) is 12.9. The number of rotatable bonds is 7. The van der Waals surface area contributed by atoms with Crippen molar-refractivity contribution < 1.29 is 9.47 Å². The van der Waals surface area contributed by atoms with Crippen LogP contribution >= 0.6 is 11.6 Å². The second kappa shape index (κ2) is 7.81. The highest BCUT2D eigenvalue weighted by Gasteiger charge is 2.16. The molecule has 2 rings (SSSR count). The number of ether oxygens (including phenoxy) is 2. The minimum Gasteiger partial charge on any atom is -0.477 e. The molecular weight excluding hydrogens is 276 g/mol. The van der Waals surface area contributed by atoms with Crippen LogP contribution in [0.3, 0.4) is 0 Å². The Balaban J connectivity index is 1.86. The Kier molecular flexibility index (Phi) is 6.07. The molecular formula is C15H23ClN2O2. The highest BCUT2D eigenvalue weighted by atomic mass is 35.5. The van der Waals surface area contributed by atoms with Crippen molar-refractivity contribution in [1.82, 2.24) is 10.3 Å². The summed E-state index contributed by atoms with van der Waals surface area (Å²) < 4.78 is 11.1. The van der Waals surface area contributed by atoms with Crippen molar-refractivity contribution in [2.75, 3.05) is 26.4 Å². The van der Waals surface area contributed by atoms with E-state index in [9.17, 15) is 0 Å². The molecule has 1 saturated heterocycles. The molecule has 1 N–H and O–H groups in total. The predicted octanol–water partition coefficient (Wildman–Crippen LogP) is 2.90. The average molecular weight is 299 g/mol. The van der Waals surface area contributed by atoms with Crippen LogP contribution in [-0.4, -0.2) is 31.3 Å². The fourth-order valence-corrected chi connectivity index (χ4v) is 2.24. The number of pyridine rings is 1. The van der Waals surface area contributed by atoms with E-state index in [-0.39, 0.29) is 0 Å². The zero-order valence-electron chi connectivity index (χ0n) is 12.2. The van der Waals surface area contributed by atoms with Gasteiger partial charge in [0.15, 0.2) is 0 Å². The largest absolute Gasteiger partial charge is 0.477 e. The van der Waals surface area contributed by atoms with Gasteiger partial charge in [0.25, 0.3) is 0 Å². The molecule has 0 bridgehead atoms. The van der Waals surface area contributed by atoms with Crippen LogP contribution in [0.4, 0.5) is 0 Å². The van der Waals surface area contributed by atoms with Crippen LogP contribution in [-0.2, 0) is 11.3 Å². The standard InChI is InChI=1S/C15H23ClN2O2/c1-11(2)7-17-8-14-13(16)3-4-15(18-14)20-10-12-5-6-19-9-12/h3-4,11-12,17H,5-10H2,1-2H3. The lowest BCUT2D eigenvalue weighted by Crippen LogP contribution is -2.20. The molecule has 1 aliphatic rings. The van der Waals surface area contributed by atoms with Crippen molar-refractivity contribution in [2.45, 2.75) is 26.8 Å². The molecule has 0 radical (unpaired) electrons.